The van der Waals surface area contributed by atoms with E-state index >= 15 is 0 Å². The van der Waals surface area contributed by atoms with E-state index in [-0.39, 0.29) is 11.1 Å². The molecule has 0 aliphatic carbocycles. The maximum atomic E-state index is 11.0. The van der Waals surface area contributed by atoms with Crippen molar-refractivity contribution in [3.8, 4) is 0 Å². The molecule has 1 rings (SSSR count). The van der Waals surface area contributed by atoms with Crippen LogP contribution in [0.5, 0.6) is 0 Å². The van der Waals surface area contributed by atoms with Crippen LogP contribution in [0.4, 0.5) is 0 Å². The van der Waals surface area contributed by atoms with E-state index in [0.717, 1.165) is 6.42 Å². The number of carbonyl (C=O) groups is 2. The largest absolute Gasteiger partial charge is 0.478 e. The Morgan fingerprint density at radius 3 is 2.18 bits per heavy atom. The van der Waals surface area contributed by atoms with Crippen LogP contribution in [0.1, 0.15) is 39.6 Å². The van der Waals surface area contributed by atoms with Crippen molar-refractivity contribution in [3.05, 3.63) is 34.9 Å². The highest BCUT2D eigenvalue weighted by Gasteiger charge is 2.18. The lowest BCUT2D eigenvalue weighted by molar-refractivity contribution is 0.0650. The molecule has 0 aliphatic heterocycles. The molecular weight excluding hydrogens is 224 g/mol. The Morgan fingerprint density at radius 1 is 1.18 bits per heavy atom. The monoisotopic (exact) mass is 240 g/mol. The van der Waals surface area contributed by atoms with Crippen LogP contribution in [0.2, 0.25) is 0 Å². The zero-order chi connectivity index (χ0) is 13.4. The lowest BCUT2D eigenvalue weighted by Crippen LogP contribution is -2.11. The highest BCUT2D eigenvalue weighted by atomic mass is 16.4. The third kappa shape index (κ3) is 3.86. The van der Waals surface area contributed by atoms with E-state index in [9.17, 15) is 9.59 Å². The Bertz CT molecular complexity index is 404. The van der Waals surface area contributed by atoms with Crippen LogP contribution < -0.4 is 11.7 Å². The summed E-state index contributed by atoms with van der Waals surface area (Å²) in [7, 11) is 0. The lowest BCUT2D eigenvalue weighted by Gasteiger charge is -2.07. The number of aromatic carboxylic acids is 2. The standard InChI is InChI=1S/C11H12O4.H4N2/c1-2-4-7-5-3-6-8(10(12)13)9(7)11(14)15;1-2/h3,5-6H,2,4H2,1H3,(H,12,13)(H,14,15);1-2H2. The van der Waals surface area contributed by atoms with Crippen molar-refractivity contribution in [1.82, 2.24) is 0 Å². The second kappa shape index (κ2) is 7.37. The first-order valence-corrected chi connectivity index (χ1v) is 4.99. The Morgan fingerprint density at radius 2 is 1.76 bits per heavy atom. The van der Waals surface area contributed by atoms with Gasteiger partial charge in [-0.1, -0.05) is 25.5 Å². The molecule has 0 aliphatic rings. The van der Waals surface area contributed by atoms with Gasteiger partial charge in [0.1, 0.15) is 0 Å². The van der Waals surface area contributed by atoms with E-state index in [4.69, 9.17) is 10.2 Å². The summed E-state index contributed by atoms with van der Waals surface area (Å²) >= 11 is 0. The van der Waals surface area contributed by atoms with Crippen LogP contribution in [0, 0.1) is 0 Å². The maximum Gasteiger partial charge on any atom is 0.336 e. The third-order valence-corrected chi connectivity index (χ3v) is 2.11. The topological polar surface area (TPSA) is 127 Å². The summed E-state index contributed by atoms with van der Waals surface area (Å²) in [6.45, 7) is 1.92. The highest BCUT2D eigenvalue weighted by molar-refractivity contribution is 6.02. The van der Waals surface area contributed by atoms with Gasteiger partial charge in [-0.05, 0) is 18.1 Å². The highest BCUT2D eigenvalue weighted by Crippen LogP contribution is 2.16. The average Bonchev–Trinajstić information content (AvgIpc) is 2.31. The number of rotatable bonds is 4. The van der Waals surface area contributed by atoms with E-state index in [0.29, 0.717) is 12.0 Å². The molecule has 0 fully saturated rings. The molecule has 0 saturated carbocycles. The maximum absolute atomic E-state index is 11.0. The van der Waals surface area contributed by atoms with Crippen molar-refractivity contribution >= 4 is 11.9 Å². The SMILES string of the molecule is CCCc1cccc(C(=O)O)c1C(=O)O.NN. The van der Waals surface area contributed by atoms with Gasteiger partial charge in [-0.3, -0.25) is 11.7 Å². The van der Waals surface area contributed by atoms with Gasteiger partial charge in [-0.2, -0.15) is 0 Å². The van der Waals surface area contributed by atoms with Crippen LogP contribution in [-0.4, -0.2) is 22.2 Å². The number of hydrogen-bond donors (Lipinski definition) is 4. The van der Waals surface area contributed by atoms with Gasteiger partial charge in [0.25, 0.3) is 0 Å². The van der Waals surface area contributed by atoms with Gasteiger partial charge in [0.2, 0.25) is 0 Å². The second-order valence-electron chi connectivity index (χ2n) is 3.20. The van der Waals surface area contributed by atoms with Crippen LogP contribution in [-0.2, 0) is 6.42 Å². The third-order valence-electron chi connectivity index (χ3n) is 2.11. The van der Waals surface area contributed by atoms with E-state index in [2.05, 4.69) is 11.7 Å². The molecule has 0 unspecified atom stereocenters. The summed E-state index contributed by atoms with van der Waals surface area (Å²) in [5.41, 5.74) is 0.338. The minimum atomic E-state index is -1.20. The van der Waals surface area contributed by atoms with Crippen LogP contribution in [0.15, 0.2) is 18.2 Å². The van der Waals surface area contributed by atoms with Crippen molar-refractivity contribution < 1.29 is 19.8 Å². The first-order chi connectivity index (χ1) is 8.07. The number of hydrazine groups is 1. The fraction of sp³-hybridized carbons (Fsp3) is 0.273. The predicted octanol–water partition coefficient (Wildman–Crippen LogP) is 0.854. The van der Waals surface area contributed by atoms with E-state index in [1.807, 2.05) is 6.92 Å². The zero-order valence-electron chi connectivity index (χ0n) is 9.51. The second-order valence-corrected chi connectivity index (χ2v) is 3.20. The summed E-state index contributed by atoms with van der Waals surface area (Å²) in [5.74, 6) is 5.61. The molecule has 1 aromatic rings. The van der Waals surface area contributed by atoms with Crippen molar-refractivity contribution in [3.63, 3.8) is 0 Å². The molecule has 6 heteroatoms. The molecule has 0 saturated heterocycles. The van der Waals surface area contributed by atoms with Crippen LogP contribution >= 0.6 is 0 Å². The average molecular weight is 240 g/mol. The molecule has 0 heterocycles. The van der Waals surface area contributed by atoms with Crippen molar-refractivity contribution in [2.75, 3.05) is 0 Å². The molecule has 0 spiro atoms. The number of carboxylic acids is 2. The summed E-state index contributed by atoms with van der Waals surface area (Å²) < 4.78 is 0. The number of nitrogens with two attached hydrogens (primary N) is 2. The fourth-order valence-electron chi connectivity index (χ4n) is 1.51. The Kier molecular flexibility index (Phi) is 6.54. The molecular formula is C11H16N2O4. The van der Waals surface area contributed by atoms with Crippen molar-refractivity contribution in [2.45, 2.75) is 19.8 Å². The number of aryl methyl sites for hydroxylation is 1. The summed E-state index contributed by atoms with van der Waals surface area (Å²) in [6, 6.07) is 4.53. The summed E-state index contributed by atoms with van der Waals surface area (Å²) in [4.78, 5) is 21.8. The molecule has 0 amide bonds. The molecule has 1 aromatic carbocycles. The van der Waals surface area contributed by atoms with Gasteiger partial charge in [0.05, 0.1) is 11.1 Å². The summed E-state index contributed by atoms with van der Waals surface area (Å²) in [5, 5.41) is 17.8. The molecule has 17 heavy (non-hydrogen) atoms. The van der Waals surface area contributed by atoms with E-state index in [1.165, 1.54) is 6.07 Å². The fourth-order valence-corrected chi connectivity index (χ4v) is 1.51. The Hall–Kier alpha value is -1.92. The van der Waals surface area contributed by atoms with Gasteiger partial charge in [-0.15, -0.1) is 0 Å². The minimum Gasteiger partial charge on any atom is -0.478 e. The van der Waals surface area contributed by atoms with E-state index in [1.54, 1.807) is 12.1 Å². The lowest BCUT2D eigenvalue weighted by atomic mass is 9.98. The molecule has 6 N–H and O–H groups in total. The van der Waals surface area contributed by atoms with Crippen LogP contribution in [0.25, 0.3) is 0 Å². The van der Waals surface area contributed by atoms with Gasteiger partial charge < -0.3 is 10.2 Å². The normalized spacial score (nSPS) is 9.12. The molecule has 0 bridgehead atoms. The minimum absolute atomic E-state index is 0.0909. The van der Waals surface area contributed by atoms with Gasteiger partial charge >= 0.3 is 11.9 Å². The van der Waals surface area contributed by atoms with Crippen molar-refractivity contribution in [2.24, 2.45) is 11.7 Å². The number of benzene rings is 1. The van der Waals surface area contributed by atoms with Crippen molar-refractivity contribution in [1.29, 1.82) is 0 Å². The number of carboxylic acid groups (broad SMARTS) is 2. The number of hydrogen-bond acceptors (Lipinski definition) is 4. The van der Waals surface area contributed by atoms with Crippen LogP contribution in [0.3, 0.4) is 0 Å². The van der Waals surface area contributed by atoms with E-state index < -0.39 is 11.9 Å². The van der Waals surface area contributed by atoms with Gasteiger partial charge in [-0.25, -0.2) is 9.59 Å². The Labute approximate surface area is 98.8 Å². The predicted molar refractivity (Wildman–Crippen MR) is 62.7 cm³/mol. The molecule has 6 nitrogen and oxygen atoms in total. The molecule has 0 aromatic heterocycles. The molecule has 0 radical (unpaired) electrons. The molecule has 0 atom stereocenters. The first-order valence-electron chi connectivity index (χ1n) is 4.99. The molecule has 94 valence electrons. The summed E-state index contributed by atoms with van der Waals surface area (Å²) in [6.07, 6.45) is 1.35. The Balaban J connectivity index is 0.00000121. The smallest absolute Gasteiger partial charge is 0.336 e. The van der Waals surface area contributed by atoms with Gasteiger partial charge in [0, 0.05) is 0 Å². The first kappa shape index (κ1) is 15.1. The zero-order valence-corrected chi connectivity index (χ0v) is 9.51. The quantitative estimate of drug-likeness (QED) is 0.456. The van der Waals surface area contributed by atoms with Gasteiger partial charge in [0.15, 0.2) is 0 Å².